The number of methoxy groups -OCH3 is 1. The molecule has 1 saturated carbocycles. The fourth-order valence-corrected chi connectivity index (χ4v) is 6.45. The summed E-state index contributed by atoms with van der Waals surface area (Å²) in [7, 11) is 1.56. The highest BCUT2D eigenvalue weighted by atomic mass is 35.5. The average Bonchev–Trinajstić information content (AvgIpc) is 3.76. The van der Waals surface area contributed by atoms with Gasteiger partial charge in [0.1, 0.15) is 24.0 Å². The van der Waals surface area contributed by atoms with E-state index in [-0.39, 0.29) is 25.6 Å². The van der Waals surface area contributed by atoms with Crippen LogP contribution in [-0.4, -0.2) is 59.9 Å². The van der Waals surface area contributed by atoms with Crippen LogP contribution in [0.25, 0.3) is 0 Å². The van der Waals surface area contributed by atoms with Crippen molar-refractivity contribution >= 4 is 29.4 Å². The van der Waals surface area contributed by atoms with Crippen molar-refractivity contribution in [2.75, 3.05) is 7.11 Å². The number of hydrogen-bond acceptors (Lipinski definition) is 8. The lowest BCUT2D eigenvalue weighted by Gasteiger charge is -2.38. The van der Waals surface area contributed by atoms with Crippen molar-refractivity contribution in [3.63, 3.8) is 0 Å². The number of benzene rings is 3. The summed E-state index contributed by atoms with van der Waals surface area (Å²) >= 11 is 5.98. The van der Waals surface area contributed by atoms with Gasteiger partial charge in [0.25, 0.3) is 5.91 Å². The predicted molar refractivity (Wildman–Crippen MR) is 173 cm³/mol. The molecule has 11 heteroatoms. The number of hydroxylamine groups is 2. The number of hydrogen-bond donors (Lipinski definition) is 2. The van der Waals surface area contributed by atoms with E-state index in [0.717, 1.165) is 22.3 Å². The van der Waals surface area contributed by atoms with Crippen molar-refractivity contribution < 1.29 is 33.4 Å². The minimum absolute atomic E-state index is 0.138. The van der Waals surface area contributed by atoms with E-state index in [1.54, 1.807) is 39.2 Å². The number of carbonyl (C=O) groups is 3. The number of nitrogens with one attached hydrogen (secondary N) is 1. The van der Waals surface area contributed by atoms with Gasteiger partial charge in [0.05, 0.1) is 31.6 Å². The Hall–Kier alpha value is -4.40. The molecule has 3 N–H and O–H groups in total. The molecule has 1 aliphatic carbocycles. The van der Waals surface area contributed by atoms with Gasteiger partial charge in [0.15, 0.2) is 5.60 Å². The van der Waals surface area contributed by atoms with E-state index in [2.05, 4.69) is 17.2 Å². The molecule has 2 saturated heterocycles. The first kappa shape index (κ1) is 32.5. The maximum atomic E-state index is 14.2. The van der Waals surface area contributed by atoms with Gasteiger partial charge in [-0.3, -0.25) is 19.2 Å². The lowest BCUT2D eigenvalue weighted by molar-refractivity contribution is -0.218. The molecular weight excluding hydrogens is 622 g/mol. The minimum Gasteiger partial charge on any atom is -0.496 e. The summed E-state index contributed by atoms with van der Waals surface area (Å²) in [5, 5.41) is 5.12. The maximum Gasteiger partial charge on any atom is 0.308 e. The van der Waals surface area contributed by atoms with E-state index in [1.807, 2.05) is 54.6 Å². The standard InChI is InChI=1S/C36H36ClN3O7/c1-21(2)34(42)46-32-29-30(33(41)39-19-25-6-4-5-7-27(25)44-3)40(47-36(29,35(38)43)18-28-31(32)45-28)20-24-12-10-22(11-13-24)8-9-23-14-16-26(37)17-15-23/h4-7,10-17,21,28-32H,18-20H2,1-3H3,(H2,38,43)(H,39,41)/t28-,29+,30-,31-,32-,36-/m0/s1. The van der Waals surface area contributed by atoms with Gasteiger partial charge < -0.3 is 25.3 Å². The fraction of sp³-hybridized carbons (Fsp3) is 0.361. The molecule has 6 rings (SSSR count). The van der Waals surface area contributed by atoms with Crippen LogP contribution in [0.3, 0.4) is 0 Å². The van der Waals surface area contributed by atoms with Crippen LogP contribution in [0.15, 0.2) is 72.8 Å². The van der Waals surface area contributed by atoms with Crippen LogP contribution in [0, 0.1) is 23.7 Å². The number of carbonyl (C=O) groups excluding carboxylic acids is 3. The number of nitrogens with two attached hydrogens (primary N) is 1. The Morgan fingerprint density at radius 2 is 1.70 bits per heavy atom. The summed E-state index contributed by atoms with van der Waals surface area (Å²) in [4.78, 5) is 46.8. The molecule has 3 fully saturated rings. The molecular formula is C36H36ClN3O7. The zero-order valence-corrected chi connectivity index (χ0v) is 27.0. The summed E-state index contributed by atoms with van der Waals surface area (Å²) in [6.45, 7) is 3.74. The molecule has 3 aliphatic rings. The van der Waals surface area contributed by atoms with Crippen LogP contribution in [0.2, 0.25) is 5.02 Å². The third-order valence-corrected chi connectivity index (χ3v) is 9.07. The van der Waals surface area contributed by atoms with Crippen LogP contribution >= 0.6 is 11.6 Å². The van der Waals surface area contributed by atoms with E-state index in [0.29, 0.717) is 10.8 Å². The zero-order valence-electron chi connectivity index (χ0n) is 26.3. The van der Waals surface area contributed by atoms with Crippen molar-refractivity contribution in [2.24, 2.45) is 17.6 Å². The zero-order chi connectivity index (χ0) is 33.3. The number of fused-ring (bicyclic) bond motifs is 2. The van der Waals surface area contributed by atoms with Crippen molar-refractivity contribution in [3.05, 3.63) is 100 Å². The van der Waals surface area contributed by atoms with Crippen LogP contribution in [0.1, 0.15) is 42.5 Å². The Kier molecular flexibility index (Phi) is 9.26. The number of amides is 2. The second-order valence-electron chi connectivity index (χ2n) is 12.3. The molecule has 2 amide bonds. The number of halogens is 1. The monoisotopic (exact) mass is 657 g/mol. The SMILES string of the molecule is COc1ccccc1CNC(=O)[C@@H]1[C@@H]2[C@H](OC(=O)C(C)C)[C@H]3O[C@H]3C[C@]2(C(N)=O)ON1Cc1ccc(C#Cc2ccc(Cl)cc2)cc1. The van der Waals surface area contributed by atoms with Gasteiger partial charge in [-0.25, -0.2) is 0 Å². The summed E-state index contributed by atoms with van der Waals surface area (Å²) in [6, 6.07) is 21.1. The van der Waals surface area contributed by atoms with Gasteiger partial charge in [-0.15, -0.1) is 0 Å². The molecule has 0 spiro atoms. The van der Waals surface area contributed by atoms with Gasteiger partial charge >= 0.3 is 5.97 Å². The highest BCUT2D eigenvalue weighted by Gasteiger charge is 2.73. The molecule has 3 aromatic rings. The molecule has 244 valence electrons. The van der Waals surface area contributed by atoms with Gasteiger partial charge in [-0.2, -0.15) is 5.06 Å². The average molecular weight is 658 g/mol. The molecule has 47 heavy (non-hydrogen) atoms. The van der Waals surface area contributed by atoms with Gasteiger partial charge in [-0.05, 0) is 48.0 Å². The normalized spacial score (nSPS) is 25.9. The number of primary amides is 1. The Bertz CT molecular complexity index is 1720. The number of ether oxygens (including phenoxy) is 3. The highest BCUT2D eigenvalue weighted by molar-refractivity contribution is 6.30. The first-order valence-corrected chi connectivity index (χ1v) is 15.8. The second kappa shape index (κ2) is 13.4. The molecule has 3 aromatic carbocycles. The first-order chi connectivity index (χ1) is 22.6. The van der Waals surface area contributed by atoms with E-state index in [9.17, 15) is 14.4 Å². The molecule has 0 radical (unpaired) electrons. The van der Waals surface area contributed by atoms with E-state index in [1.165, 1.54) is 5.06 Å². The third kappa shape index (κ3) is 6.71. The van der Waals surface area contributed by atoms with E-state index < -0.39 is 53.5 Å². The maximum absolute atomic E-state index is 14.2. The molecule has 2 aliphatic heterocycles. The minimum atomic E-state index is -1.63. The number of para-hydroxylation sites is 1. The van der Waals surface area contributed by atoms with Crippen LogP contribution in [-0.2, 0) is 41.8 Å². The Balaban J connectivity index is 1.30. The molecule has 0 unspecified atom stereocenters. The lowest BCUT2D eigenvalue weighted by Crippen LogP contribution is -2.61. The molecule has 0 bridgehead atoms. The summed E-state index contributed by atoms with van der Waals surface area (Å²) < 4.78 is 17.3. The van der Waals surface area contributed by atoms with Gasteiger partial charge in [0.2, 0.25) is 5.91 Å². The smallest absolute Gasteiger partial charge is 0.308 e. The summed E-state index contributed by atoms with van der Waals surface area (Å²) in [5.41, 5.74) is 7.61. The molecule has 10 nitrogen and oxygen atoms in total. The Morgan fingerprint density at radius 1 is 1.04 bits per heavy atom. The van der Waals surface area contributed by atoms with E-state index >= 15 is 0 Å². The van der Waals surface area contributed by atoms with Crippen molar-refractivity contribution in [3.8, 4) is 17.6 Å². The quantitative estimate of drug-likeness (QED) is 0.202. The second-order valence-corrected chi connectivity index (χ2v) is 12.7. The summed E-state index contributed by atoms with van der Waals surface area (Å²) in [5.74, 6) is 3.88. The molecule has 0 aromatic heterocycles. The fourth-order valence-electron chi connectivity index (χ4n) is 6.32. The van der Waals surface area contributed by atoms with E-state index in [4.69, 9.17) is 36.4 Å². The Morgan fingerprint density at radius 3 is 2.34 bits per heavy atom. The molecule has 2 heterocycles. The number of nitrogens with zero attached hydrogens (tertiary/aromatic N) is 1. The van der Waals surface area contributed by atoms with Crippen LogP contribution in [0.4, 0.5) is 0 Å². The van der Waals surface area contributed by atoms with Crippen molar-refractivity contribution in [1.29, 1.82) is 0 Å². The molecule has 6 atom stereocenters. The summed E-state index contributed by atoms with van der Waals surface area (Å²) in [6.07, 6.45) is -1.64. The van der Waals surface area contributed by atoms with Gasteiger partial charge in [-0.1, -0.05) is 67.6 Å². The van der Waals surface area contributed by atoms with Gasteiger partial charge in [0, 0.05) is 34.7 Å². The first-order valence-electron chi connectivity index (χ1n) is 15.5. The van der Waals surface area contributed by atoms with Crippen LogP contribution < -0.4 is 15.8 Å². The Labute approximate surface area is 278 Å². The number of rotatable bonds is 9. The largest absolute Gasteiger partial charge is 0.496 e. The number of esters is 1. The highest BCUT2D eigenvalue weighted by Crippen LogP contribution is 2.54. The lowest BCUT2D eigenvalue weighted by atomic mass is 9.70. The topological polar surface area (TPSA) is 133 Å². The van der Waals surface area contributed by atoms with Crippen LogP contribution in [0.5, 0.6) is 5.75 Å². The number of epoxide rings is 1. The predicted octanol–water partition coefficient (Wildman–Crippen LogP) is 3.76. The third-order valence-electron chi connectivity index (χ3n) is 8.82. The van der Waals surface area contributed by atoms with Crippen molar-refractivity contribution in [2.45, 2.75) is 63.3 Å². The van der Waals surface area contributed by atoms with Crippen molar-refractivity contribution in [1.82, 2.24) is 10.4 Å².